The van der Waals surface area contributed by atoms with E-state index in [1.807, 2.05) is 31.7 Å². The maximum Gasteiger partial charge on any atom is 0.407 e. The number of imidazole rings is 1. The SMILES string of the molecule is CC#CCn1c(N2CCN(C(=O)O)C(C(C)(C)C)C2)nc(C(=O)OCC)c1C#N. The Bertz CT molecular complexity index is 882. The molecule has 1 amide bonds. The number of aromatic nitrogens is 2. The highest BCUT2D eigenvalue weighted by atomic mass is 16.5. The number of carboxylic acid groups (broad SMARTS) is 1. The van der Waals surface area contributed by atoms with E-state index in [1.54, 1.807) is 18.4 Å². The Balaban J connectivity index is 2.52. The number of ether oxygens (including phenoxy) is 1. The standard InChI is InChI=1S/C20H27N5O4/c1-6-8-9-24-14(12-21)16(17(26)29-7-2)22-18(24)23-10-11-25(19(27)28)15(13-23)20(3,4)5/h15H,7,9-11,13H2,1-5H3,(H,27,28). The largest absolute Gasteiger partial charge is 0.465 e. The van der Waals surface area contributed by atoms with Crippen molar-refractivity contribution in [3.05, 3.63) is 11.4 Å². The first-order chi connectivity index (χ1) is 13.6. The average Bonchev–Trinajstić information content (AvgIpc) is 3.03. The lowest BCUT2D eigenvalue weighted by Gasteiger charge is -2.46. The zero-order valence-electron chi connectivity index (χ0n) is 17.5. The molecule has 1 fully saturated rings. The number of anilines is 1. The molecule has 1 aliphatic heterocycles. The smallest absolute Gasteiger partial charge is 0.407 e. The molecule has 1 N–H and O–H groups in total. The molecule has 0 aromatic carbocycles. The Morgan fingerprint density at radius 3 is 2.55 bits per heavy atom. The van der Waals surface area contributed by atoms with Crippen LogP contribution in [0.1, 0.15) is 50.8 Å². The highest BCUT2D eigenvalue weighted by Gasteiger charge is 2.39. The van der Waals surface area contributed by atoms with Gasteiger partial charge in [-0.1, -0.05) is 26.7 Å². The Labute approximate surface area is 170 Å². The van der Waals surface area contributed by atoms with Gasteiger partial charge in [-0.05, 0) is 19.3 Å². The van der Waals surface area contributed by atoms with E-state index in [0.29, 0.717) is 25.6 Å². The third-order valence-corrected chi connectivity index (χ3v) is 4.84. The monoisotopic (exact) mass is 401 g/mol. The molecule has 1 atom stereocenters. The van der Waals surface area contributed by atoms with Crippen LogP contribution < -0.4 is 4.90 Å². The zero-order valence-corrected chi connectivity index (χ0v) is 17.5. The van der Waals surface area contributed by atoms with Gasteiger partial charge in [0.15, 0.2) is 11.4 Å². The minimum Gasteiger partial charge on any atom is -0.465 e. The first-order valence-corrected chi connectivity index (χ1v) is 9.47. The quantitative estimate of drug-likeness (QED) is 0.608. The van der Waals surface area contributed by atoms with Gasteiger partial charge < -0.3 is 19.6 Å². The van der Waals surface area contributed by atoms with Gasteiger partial charge >= 0.3 is 12.1 Å². The molecule has 9 heteroatoms. The van der Waals surface area contributed by atoms with Crippen LogP contribution in [0.25, 0.3) is 0 Å². The van der Waals surface area contributed by atoms with Gasteiger partial charge in [0.05, 0.1) is 19.2 Å². The number of nitrogens with zero attached hydrogens (tertiary/aromatic N) is 5. The van der Waals surface area contributed by atoms with E-state index >= 15 is 0 Å². The van der Waals surface area contributed by atoms with E-state index in [2.05, 4.69) is 16.8 Å². The molecular formula is C20H27N5O4. The van der Waals surface area contributed by atoms with Crippen molar-refractivity contribution in [3.63, 3.8) is 0 Å². The number of piperazine rings is 1. The van der Waals surface area contributed by atoms with Gasteiger partial charge in [0.25, 0.3) is 0 Å². The highest BCUT2D eigenvalue weighted by Crippen LogP contribution is 2.30. The van der Waals surface area contributed by atoms with E-state index in [4.69, 9.17) is 4.74 Å². The average molecular weight is 401 g/mol. The van der Waals surface area contributed by atoms with Gasteiger partial charge in [-0.3, -0.25) is 4.57 Å². The van der Waals surface area contributed by atoms with Crippen LogP contribution in [0.15, 0.2) is 0 Å². The van der Waals surface area contributed by atoms with Crippen LogP contribution in [0.3, 0.4) is 0 Å². The van der Waals surface area contributed by atoms with Gasteiger partial charge in [-0.15, -0.1) is 5.92 Å². The fourth-order valence-electron chi connectivity index (χ4n) is 3.38. The zero-order chi connectivity index (χ0) is 21.8. The van der Waals surface area contributed by atoms with Crippen LogP contribution in [0.5, 0.6) is 0 Å². The van der Waals surface area contributed by atoms with E-state index in [0.717, 1.165) is 0 Å². The minimum atomic E-state index is -0.963. The molecule has 1 aliphatic rings. The maximum atomic E-state index is 12.3. The number of carbonyl (C=O) groups is 2. The summed E-state index contributed by atoms with van der Waals surface area (Å²) in [5.74, 6) is 5.46. The molecule has 0 saturated carbocycles. The lowest BCUT2D eigenvalue weighted by atomic mass is 9.84. The number of carbonyl (C=O) groups excluding carboxylic acids is 1. The van der Waals surface area contributed by atoms with Gasteiger partial charge in [0, 0.05) is 19.6 Å². The number of rotatable bonds is 4. The Morgan fingerprint density at radius 1 is 1.34 bits per heavy atom. The number of amides is 1. The van der Waals surface area contributed by atoms with E-state index in [-0.39, 0.29) is 36.0 Å². The first kappa shape index (κ1) is 22.1. The lowest BCUT2D eigenvalue weighted by Crippen LogP contribution is -2.60. The molecule has 1 unspecified atom stereocenters. The van der Waals surface area contributed by atoms with Crippen molar-refractivity contribution < 1.29 is 19.4 Å². The predicted molar refractivity (Wildman–Crippen MR) is 107 cm³/mol. The molecule has 156 valence electrons. The van der Waals surface area contributed by atoms with Crippen molar-refractivity contribution in [2.24, 2.45) is 5.41 Å². The minimum absolute atomic E-state index is 0.0461. The normalized spacial score (nSPS) is 16.6. The van der Waals surface area contributed by atoms with Crippen LogP contribution in [0.4, 0.5) is 10.7 Å². The molecular weight excluding hydrogens is 374 g/mol. The number of nitriles is 1. The maximum absolute atomic E-state index is 12.3. The van der Waals surface area contributed by atoms with Crippen LogP contribution in [-0.4, -0.2) is 63.9 Å². The number of hydrogen-bond acceptors (Lipinski definition) is 6. The second-order valence-corrected chi connectivity index (χ2v) is 7.76. The topological polar surface area (TPSA) is 112 Å². The molecule has 1 aromatic rings. The molecule has 1 aromatic heterocycles. The van der Waals surface area contributed by atoms with Crippen molar-refractivity contribution >= 4 is 18.0 Å². The second-order valence-electron chi connectivity index (χ2n) is 7.76. The summed E-state index contributed by atoms with van der Waals surface area (Å²) in [5, 5.41) is 19.2. The predicted octanol–water partition coefficient (Wildman–Crippen LogP) is 2.17. The number of hydrogen-bond donors (Lipinski definition) is 1. The summed E-state index contributed by atoms with van der Waals surface area (Å²) in [6.07, 6.45) is -0.963. The van der Waals surface area contributed by atoms with Crippen molar-refractivity contribution in [3.8, 4) is 17.9 Å². The summed E-state index contributed by atoms with van der Waals surface area (Å²) < 4.78 is 6.64. The summed E-state index contributed by atoms with van der Waals surface area (Å²) in [6, 6.07) is 1.76. The van der Waals surface area contributed by atoms with Crippen LogP contribution >= 0.6 is 0 Å². The molecule has 1 saturated heterocycles. The van der Waals surface area contributed by atoms with Crippen LogP contribution in [-0.2, 0) is 11.3 Å². The molecule has 2 rings (SSSR count). The molecule has 2 heterocycles. The van der Waals surface area contributed by atoms with E-state index in [1.165, 1.54) is 4.90 Å². The van der Waals surface area contributed by atoms with Crippen molar-refractivity contribution in [2.75, 3.05) is 31.1 Å². The first-order valence-electron chi connectivity index (χ1n) is 9.47. The van der Waals surface area contributed by atoms with Gasteiger partial charge in [-0.2, -0.15) is 5.26 Å². The fraction of sp³-hybridized carbons (Fsp3) is 0.600. The molecule has 29 heavy (non-hydrogen) atoms. The Morgan fingerprint density at radius 2 is 2.03 bits per heavy atom. The van der Waals surface area contributed by atoms with Crippen molar-refractivity contribution in [2.45, 2.75) is 47.2 Å². The van der Waals surface area contributed by atoms with Gasteiger partial charge in [-0.25, -0.2) is 14.6 Å². The lowest BCUT2D eigenvalue weighted by molar-refractivity contribution is 0.0519. The van der Waals surface area contributed by atoms with Crippen molar-refractivity contribution in [1.29, 1.82) is 5.26 Å². The summed E-state index contributed by atoms with van der Waals surface area (Å²) in [4.78, 5) is 31.8. The second kappa shape index (κ2) is 8.87. The van der Waals surface area contributed by atoms with E-state index < -0.39 is 12.1 Å². The highest BCUT2D eigenvalue weighted by molar-refractivity contribution is 5.90. The van der Waals surface area contributed by atoms with Crippen LogP contribution in [0.2, 0.25) is 0 Å². The third-order valence-electron chi connectivity index (χ3n) is 4.84. The number of esters is 1. The summed E-state index contributed by atoms with van der Waals surface area (Å²) in [6.45, 7) is 10.8. The molecule has 0 aliphatic carbocycles. The van der Waals surface area contributed by atoms with Crippen molar-refractivity contribution in [1.82, 2.24) is 14.5 Å². The molecule has 0 bridgehead atoms. The summed E-state index contributed by atoms with van der Waals surface area (Å²) >= 11 is 0. The Kier molecular flexibility index (Phi) is 6.76. The molecule has 0 radical (unpaired) electrons. The Hall–Kier alpha value is -3.20. The fourth-order valence-corrected chi connectivity index (χ4v) is 3.38. The molecule has 0 spiro atoms. The molecule has 9 nitrogen and oxygen atoms in total. The van der Waals surface area contributed by atoms with Gasteiger partial charge in [0.2, 0.25) is 5.95 Å². The summed E-state index contributed by atoms with van der Waals surface area (Å²) in [7, 11) is 0. The van der Waals surface area contributed by atoms with Crippen LogP contribution in [0, 0.1) is 28.6 Å². The van der Waals surface area contributed by atoms with Gasteiger partial charge in [0.1, 0.15) is 6.07 Å². The van der Waals surface area contributed by atoms with E-state index in [9.17, 15) is 20.0 Å². The summed E-state index contributed by atoms with van der Waals surface area (Å²) in [5.41, 5.74) is -0.260. The third kappa shape index (κ3) is 4.62.